The molecule has 21 heavy (non-hydrogen) atoms. The van der Waals surface area contributed by atoms with Gasteiger partial charge in [0, 0.05) is 32.3 Å². The topological polar surface area (TPSA) is 49.9 Å². The number of benzene rings is 1. The summed E-state index contributed by atoms with van der Waals surface area (Å²) in [6.07, 6.45) is 3.08. The van der Waals surface area contributed by atoms with Crippen LogP contribution >= 0.6 is 0 Å². The van der Waals surface area contributed by atoms with Gasteiger partial charge < -0.3 is 14.5 Å². The van der Waals surface area contributed by atoms with Gasteiger partial charge >= 0.3 is 6.09 Å². The van der Waals surface area contributed by atoms with Crippen molar-refractivity contribution in [2.45, 2.75) is 6.92 Å². The molecule has 1 aromatic rings. The number of carbonyl (C=O) groups is 2. The van der Waals surface area contributed by atoms with Crippen LogP contribution in [0.3, 0.4) is 0 Å². The van der Waals surface area contributed by atoms with Crippen LogP contribution < -0.4 is 0 Å². The van der Waals surface area contributed by atoms with E-state index in [-0.39, 0.29) is 12.0 Å². The molecule has 1 aliphatic heterocycles. The van der Waals surface area contributed by atoms with Crippen LogP contribution in [-0.2, 0) is 9.53 Å². The fourth-order valence-electron chi connectivity index (χ4n) is 2.16. The number of hydrogen-bond acceptors (Lipinski definition) is 3. The maximum absolute atomic E-state index is 12.1. The van der Waals surface area contributed by atoms with Crippen molar-refractivity contribution in [3.63, 3.8) is 0 Å². The Labute approximate surface area is 124 Å². The highest BCUT2D eigenvalue weighted by Crippen LogP contribution is 2.06. The highest BCUT2D eigenvalue weighted by Gasteiger charge is 2.23. The molecule has 2 amide bonds. The molecule has 5 heteroatoms. The Balaban J connectivity index is 1.83. The van der Waals surface area contributed by atoms with Gasteiger partial charge in [0.15, 0.2) is 0 Å². The summed E-state index contributed by atoms with van der Waals surface area (Å²) in [4.78, 5) is 27.0. The maximum atomic E-state index is 12.1. The van der Waals surface area contributed by atoms with Gasteiger partial charge in [0.25, 0.3) is 0 Å². The van der Waals surface area contributed by atoms with Gasteiger partial charge in [0.05, 0.1) is 6.61 Å². The van der Waals surface area contributed by atoms with Gasteiger partial charge in [0.2, 0.25) is 5.91 Å². The van der Waals surface area contributed by atoms with E-state index in [9.17, 15) is 9.59 Å². The Morgan fingerprint density at radius 2 is 1.71 bits per heavy atom. The van der Waals surface area contributed by atoms with Crippen molar-refractivity contribution >= 4 is 18.1 Å². The van der Waals surface area contributed by atoms with Crippen molar-refractivity contribution in [2.75, 3.05) is 32.8 Å². The molecule has 0 aliphatic carbocycles. The van der Waals surface area contributed by atoms with Crippen LogP contribution in [0, 0.1) is 0 Å². The van der Waals surface area contributed by atoms with E-state index in [1.54, 1.807) is 28.9 Å². The van der Waals surface area contributed by atoms with Crippen LogP contribution in [-0.4, -0.2) is 54.6 Å². The molecule has 1 aliphatic rings. The quantitative estimate of drug-likeness (QED) is 0.799. The third-order valence-corrected chi connectivity index (χ3v) is 3.34. The van der Waals surface area contributed by atoms with Crippen molar-refractivity contribution in [2.24, 2.45) is 0 Å². The third kappa shape index (κ3) is 4.34. The smallest absolute Gasteiger partial charge is 0.409 e. The summed E-state index contributed by atoms with van der Waals surface area (Å²) >= 11 is 0. The Kier molecular flexibility index (Phi) is 5.37. The summed E-state index contributed by atoms with van der Waals surface area (Å²) in [5.41, 5.74) is 0.996. The average molecular weight is 288 g/mol. The minimum absolute atomic E-state index is 0.0256. The predicted molar refractivity (Wildman–Crippen MR) is 80.7 cm³/mol. The van der Waals surface area contributed by atoms with Crippen molar-refractivity contribution < 1.29 is 14.3 Å². The van der Waals surface area contributed by atoms with E-state index in [1.165, 1.54) is 0 Å². The molecule has 0 radical (unpaired) electrons. The van der Waals surface area contributed by atoms with Gasteiger partial charge in [-0.3, -0.25) is 4.79 Å². The molecule has 0 spiro atoms. The van der Waals surface area contributed by atoms with Gasteiger partial charge in [-0.15, -0.1) is 0 Å². The maximum Gasteiger partial charge on any atom is 0.409 e. The zero-order chi connectivity index (χ0) is 15.1. The number of piperazine rings is 1. The molecular formula is C16H20N2O3. The molecular weight excluding hydrogens is 268 g/mol. The lowest BCUT2D eigenvalue weighted by Crippen LogP contribution is -2.50. The van der Waals surface area contributed by atoms with Gasteiger partial charge in [-0.2, -0.15) is 0 Å². The van der Waals surface area contributed by atoms with E-state index >= 15 is 0 Å². The molecule has 1 fully saturated rings. The van der Waals surface area contributed by atoms with E-state index in [1.807, 2.05) is 30.3 Å². The predicted octanol–water partition coefficient (Wildman–Crippen LogP) is 2.00. The zero-order valence-electron chi connectivity index (χ0n) is 12.2. The van der Waals surface area contributed by atoms with Crippen molar-refractivity contribution in [3.05, 3.63) is 42.0 Å². The van der Waals surface area contributed by atoms with Crippen molar-refractivity contribution in [1.82, 2.24) is 9.80 Å². The number of amides is 2. The Morgan fingerprint density at radius 3 is 2.33 bits per heavy atom. The first-order valence-electron chi connectivity index (χ1n) is 7.14. The van der Waals surface area contributed by atoms with E-state index in [2.05, 4.69) is 0 Å². The summed E-state index contributed by atoms with van der Waals surface area (Å²) in [7, 11) is 0. The molecule has 1 saturated heterocycles. The molecule has 0 N–H and O–H groups in total. The summed E-state index contributed by atoms with van der Waals surface area (Å²) in [6.45, 7) is 4.27. The number of rotatable bonds is 3. The Hall–Kier alpha value is -2.30. The molecule has 5 nitrogen and oxygen atoms in total. The molecule has 1 aromatic carbocycles. The Bertz CT molecular complexity index is 506. The lowest BCUT2D eigenvalue weighted by atomic mass is 10.2. The minimum atomic E-state index is -0.301. The first kappa shape index (κ1) is 15.1. The largest absolute Gasteiger partial charge is 0.450 e. The average Bonchev–Trinajstić information content (AvgIpc) is 2.54. The standard InChI is InChI=1S/C16H20N2O3/c1-2-21-16(20)18-12-10-17(11-13-18)15(19)9-8-14-6-4-3-5-7-14/h3-9H,2,10-13H2,1H3/b9-8+. The number of carbonyl (C=O) groups excluding carboxylic acids is 2. The molecule has 0 saturated carbocycles. The number of hydrogen-bond donors (Lipinski definition) is 0. The van der Waals surface area contributed by atoms with Gasteiger partial charge in [0.1, 0.15) is 0 Å². The second-order valence-corrected chi connectivity index (χ2v) is 4.76. The van der Waals surface area contributed by atoms with Crippen LogP contribution in [0.15, 0.2) is 36.4 Å². The normalized spacial score (nSPS) is 15.3. The Morgan fingerprint density at radius 1 is 1.10 bits per heavy atom. The van der Waals surface area contributed by atoms with Crippen LogP contribution in [0.4, 0.5) is 4.79 Å². The molecule has 0 aromatic heterocycles. The second kappa shape index (κ2) is 7.47. The lowest BCUT2D eigenvalue weighted by Gasteiger charge is -2.33. The molecule has 112 valence electrons. The monoisotopic (exact) mass is 288 g/mol. The first-order valence-corrected chi connectivity index (χ1v) is 7.14. The van der Waals surface area contributed by atoms with Crippen LogP contribution in [0.5, 0.6) is 0 Å². The highest BCUT2D eigenvalue weighted by molar-refractivity contribution is 5.91. The summed E-state index contributed by atoms with van der Waals surface area (Å²) in [5, 5.41) is 0. The lowest BCUT2D eigenvalue weighted by molar-refractivity contribution is -0.127. The number of ether oxygens (including phenoxy) is 1. The van der Waals surface area contributed by atoms with Gasteiger partial charge in [-0.1, -0.05) is 30.3 Å². The molecule has 1 heterocycles. The third-order valence-electron chi connectivity index (χ3n) is 3.34. The first-order chi connectivity index (χ1) is 10.2. The summed E-state index contributed by atoms with van der Waals surface area (Å²) in [6, 6.07) is 9.70. The molecule has 0 atom stereocenters. The van der Waals surface area contributed by atoms with E-state index in [0.717, 1.165) is 5.56 Å². The number of nitrogens with zero attached hydrogens (tertiary/aromatic N) is 2. The summed E-state index contributed by atoms with van der Waals surface area (Å²) < 4.78 is 4.95. The van der Waals surface area contributed by atoms with Gasteiger partial charge in [-0.05, 0) is 18.6 Å². The van der Waals surface area contributed by atoms with E-state index in [4.69, 9.17) is 4.74 Å². The minimum Gasteiger partial charge on any atom is -0.450 e. The fraction of sp³-hybridized carbons (Fsp3) is 0.375. The van der Waals surface area contributed by atoms with Crippen LogP contribution in [0.1, 0.15) is 12.5 Å². The highest BCUT2D eigenvalue weighted by atomic mass is 16.6. The fourth-order valence-corrected chi connectivity index (χ4v) is 2.16. The molecule has 0 unspecified atom stereocenters. The molecule has 0 bridgehead atoms. The van der Waals surface area contributed by atoms with E-state index in [0.29, 0.717) is 32.8 Å². The van der Waals surface area contributed by atoms with Crippen LogP contribution in [0.2, 0.25) is 0 Å². The second-order valence-electron chi connectivity index (χ2n) is 4.76. The summed E-state index contributed by atoms with van der Waals surface area (Å²) in [5.74, 6) is -0.0256. The zero-order valence-corrected chi connectivity index (χ0v) is 12.2. The van der Waals surface area contributed by atoms with Crippen LogP contribution in [0.25, 0.3) is 6.08 Å². The van der Waals surface area contributed by atoms with Gasteiger partial charge in [-0.25, -0.2) is 4.79 Å². The van der Waals surface area contributed by atoms with E-state index < -0.39 is 0 Å². The van der Waals surface area contributed by atoms with Crippen molar-refractivity contribution in [3.8, 4) is 0 Å². The van der Waals surface area contributed by atoms with Crippen molar-refractivity contribution in [1.29, 1.82) is 0 Å². The molecule has 2 rings (SSSR count). The SMILES string of the molecule is CCOC(=O)N1CCN(C(=O)/C=C/c2ccccc2)CC1.